The highest BCUT2D eigenvalue weighted by atomic mass is 32.2. The van der Waals surface area contributed by atoms with Gasteiger partial charge in [0.2, 0.25) is 5.82 Å². The topological polar surface area (TPSA) is 122 Å². The van der Waals surface area contributed by atoms with Gasteiger partial charge in [-0.3, -0.25) is 9.69 Å². The minimum absolute atomic E-state index is 0.0647. The molecule has 0 aliphatic carbocycles. The lowest BCUT2D eigenvalue weighted by molar-refractivity contribution is 0.0970. The number of nitrogens with zero attached hydrogens (tertiary/aromatic N) is 3. The van der Waals surface area contributed by atoms with Gasteiger partial charge in [-0.1, -0.05) is 50.2 Å². The van der Waals surface area contributed by atoms with Gasteiger partial charge in [-0.15, -0.1) is 0 Å². The summed E-state index contributed by atoms with van der Waals surface area (Å²) in [5, 5.41) is 14.0. The SMILES string of the molecule is CC1(C)CC2=C(C(c3ccc(OCc4ccccc4)cc3F)N(C(=O)c3ncccn3)c3cccc(O)c3N2)S(=O)(=O)C1. The summed E-state index contributed by atoms with van der Waals surface area (Å²) in [4.78, 5) is 23.4. The van der Waals surface area contributed by atoms with Gasteiger partial charge in [0.25, 0.3) is 5.91 Å². The molecule has 2 aliphatic rings. The Kier molecular flexibility index (Phi) is 7.13. The number of carbonyl (C=O) groups is 1. The number of allylic oxidation sites excluding steroid dienone is 1. The summed E-state index contributed by atoms with van der Waals surface area (Å²) in [6.07, 6.45) is 3.05. The highest BCUT2D eigenvalue weighted by molar-refractivity contribution is 7.95. The number of fused-ring (bicyclic) bond motifs is 1. The van der Waals surface area contributed by atoms with Gasteiger partial charge >= 0.3 is 0 Å². The van der Waals surface area contributed by atoms with Gasteiger partial charge in [-0.05, 0) is 47.7 Å². The lowest BCUT2D eigenvalue weighted by Gasteiger charge is -2.37. The number of ether oxygens (including phenoxy) is 1. The second kappa shape index (κ2) is 10.8. The van der Waals surface area contributed by atoms with Crippen LogP contribution in [0.25, 0.3) is 0 Å². The first-order valence-electron chi connectivity index (χ1n) is 13.7. The number of hydrogen-bond acceptors (Lipinski definition) is 8. The number of halogens is 1. The monoisotopic (exact) mass is 600 g/mol. The molecule has 4 aromatic rings. The quantitative estimate of drug-likeness (QED) is 0.277. The molecule has 0 spiro atoms. The van der Waals surface area contributed by atoms with Gasteiger partial charge in [0, 0.05) is 29.7 Å². The Balaban J connectivity index is 1.56. The van der Waals surface area contributed by atoms with E-state index in [9.17, 15) is 18.3 Å². The first-order valence-corrected chi connectivity index (χ1v) is 15.3. The van der Waals surface area contributed by atoms with Crippen LogP contribution in [0.4, 0.5) is 15.8 Å². The van der Waals surface area contributed by atoms with E-state index in [4.69, 9.17) is 4.74 Å². The molecule has 1 atom stereocenters. The largest absolute Gasteiger partial charge is 0.506 e. The summed E-state index contributed by atoms with van der Waals surface area (Å²) in [7, 11) is -4.06. The van der Waals surface area contributed by atoms with E-state index < -0.39 is 33.0 Å². The van der Waals surface area contributed by atoms with Gasteiger partial charge in [-0.2, -0.15) is 0 Å². The number of sulfone groups is 1. The average molecular weight is 601 g/mol. The number of hydrogen-bond donors (Lipinski definition) is 2. The zero-order valence-corrected chi connectivity index (χ0v) is 24.3. The Morgan fingerprint density at radius 2 is 1.81 bits per heavy atom. The molecule has 2 aliphatic heterocycles. The number of aromatic hydroxyl groups is 1. The fourth-order valence-corrected chi connectivity index (χ4v) is 8.04. The van der Waals surface area contributed by atoms with Gasteiger partial charge in [0.1, 0.15) is 35.7 Å². The summed E-state index contributed by atoms with van der Waals surface area (Å²) < 4.78 is 50.2. The first kappa shape index (κ1) is 28.4. The zero-order valence-electron chi connectivity index (χ0n) is 23.5. The number of nitrogens with one attached hydrogen (secondary N) is 1. The fraction of sp³-hybridized carbons (Fsp3) is 0.219. The number of rotatable bonds is 5. The van der Waals surface area contributed by atoms with Gasteiger partial charge in [-0.25, -0.2) is 22.8 Å². The standard InChI is InChI=1S/C32H29FN4O5S/c1-32(2)17-24-29(43(40,41)19-32)28(22-13-12-21(16-23(22)33)42-18-20-8-4-3-5-9-20)37(31(39)30-34-14-7-15-35-30)25-10-6-11-26(38)27(25)36-24/h3-16,28,36,38H,17-19H2,1-2H3. The van der Waals surface area contributed by atoms with Crippen molar-refractivity contribution in [3.8, 4) is 11.5 Å². The van der Waals surface area contributed by atoms with Crippen LogP contribution in [0.1, 0.15) is 48.1 Å². The maximum Gasteiger partial charge on any atom is 0.297 e. The number of anilines is 2. The summed E-state index contributed by atoms with van der Waals surface area (Å²) in [6.45, 7) is 3.85. The molecular weight excluding hydrogens is 571 g/mol. The van der Waals surface area contributed by atoms with Crippen molar-refractivity contribution in [3.05, 3.63) is 119 Å². The molecule has 6 rings (SSSR count). The molecule has 9 nitrogen and oxygen atoms in total. The van der Waals surface area contributed by atoms with Crippen molar-refractivity contribution < 1.29 is 27.4 Å². The number of aromatic nitrogens is 2. The fourth-order valence-electron chi connectivity index (χ4n) is 5.69. The zero-order chi connectivity index (χ0) is 30.4. The lowest BCUT2D eigenvalue weighted by Crippen LogP contribution is -2.41. The van der Waals surface area contributed by atoms with Crippen molar-refractivity contribution in [1.29, 1.82) is 0 Å². The van der Waals surface area contributed by atoms with Crippen LogP contribution in [0.15, 0.2) is 95.8 Å². The van der Waals surface area contributed by atoms with Crippen molar-refractivity contribution in [2.24, 2.45) is 5.41 Å². The first-order chi connectivity index (χ1) is 20.5. The molecule has 2 N–H and O–H groups in total. The van der Waals surface area contributed by atoms with E-state index in [1.807, 2.05) is 44.2 Å². The summed E-state index contributed by atoms with van der Waals surface area (Å²) in [5.41, 5.74) is 0.701. The summed E-state index contributed by atoms with van der Waals surface area (Å²) >= 11 is 0. The molecule has 3 aromatic carbocycles. The predicted octanol–water partition coefficient (Wildman–Crippen LogP) is 5.77. The molecule has 220 valence electrons. The molecule has 0 saturated carbocycles. The normalized spacial score (nSPS) is 18.6. The third-order valence-electron chi connectivity index (χ3n) is 7.42. The van der Waals surface area contributed by atoms with E-state index in [2.05, 4.69) is 15.3 Å². The maximum absolute atomic E-state index is 16.2. The smallest absolute Gasteiger partial charge is 0.297 e. The average Bonchev–Trinajstić information content (AvgIpc) is 3.11. The van der Waals surface area contributed by atoms with Gasteiger partial charge in [0.15, 0.2) is 9.84 Å². The van der Waals surface area contributed by atoms with E-state index >= 15 is 4.39 Å². The molecule has 0 fully saturated rings. The van der Waals surface area contributed by atoms with E-state index in [-0.39, 0.29) is 63.6 Å². The molecule has 0 bridgehead atoms. The van der Waals surface area contributed by atoms with Gasteiger partial charge in [0.05, 0.1) is 16.3 Å². The molecule has 1 aromatic heterocycles. The van der Waals surface area contributed by atoms with Crippen molar-refractivity contribution in [2.75, 3.05) is 16.0 Å². The second-order valence-electron chi connectivity index (χ2n) is 11.3. The number of para-hydroxylation sites is 1. The molecule has 0 saturated heterocycles. The maximum atomic E-state index is 16.2. The molecule has 11 heteroatoms. The van der Waals surface area contributed by atoms with Crippen molar-refractivity contribution in [2.45, 2.75) is 32.9 Å². The molecular formula is C32H29FN4O5S. The minimum Gasteiger partial charge on any atom is -0.506 e. The third-order valence-corrected chi connectivity index (χ3v) is 9.72. The Labute approximate surface area is 248 Å². The molecule has 43 heavy (non-hydrogen) atoms. The van der Waals surface area contributed by atoms with Crippen LogP contribution in [0.3, 0.4) is 0 Å². The Hall–Kier alpha value is -4.77. The highest BCUT2D eigenvalue weighted by Gasteiger charge is 2.48. The number of benzene rings is 3. The van der Waals surface area contributed by atoms with Gasteiger partial charge < -0.3 is 15.2 Å². The predicted molar refractivity (Wildman–Crippen MR) is 160 cm³/mol. The lowest BCUT2D eigenvalue weighted by atomic mass is 9.88. The van der Waals surface area contributed by atoms with Crippen LogP contribution in [-0.2, 0) is 16.4 Å². The number of phenolic OH excluding ortho intramolecular Hbond substituents is 1. The highest BCUT2D eigenvalue weighted by Crippen LogP contribution is 2.51. The van der Waals surface area contributed by atoms with Crippen LogP contribution in [0.2, 0.25) is 0 Å². The molecule has 0 radical (unpaired) electrons. The van der Waals surface area contributed by atoms with E-state index in [0.717, 1.165) is 10.5 Å². The third kappa shape index (κ3) is 5.43. The second-order valence-corrected chi connectivity index (χ2v) is 13.3. The van der Waals surface area contributed by atoms with Crippen molar-refractivity contribution in [3.63, 3.8) is 0 Å². The number of carbonyl (C=O) groups excluding carboxylic acids is 1. The summed E-state index contributed by atoms with van der Waals surface area (Å²) in [5.74, 6) is -1.94. The molecule has 1 unspecified atom stereocenters. The van der Waals surface area contributed by atoms with Crippen LogP contribution in [0.5, 0.6) is 11.5 Å². The summed E-state index contributed by atoms with van der Waals surface area (Å²) in [6, 6.07) is 18.2. The van der Waals surface area contributed by atoms with E-state index in [1.54, 1.807) is 18.2 Å². The van der Waals surface area contributed by atoms with E-state index in [0.29, 0.717) is 0 Å². The van der Waals surface area contributed by atoms with Crippen LogP contribution in [0, 0.1) is 11.2 Å². The Morgan fingerprint density at radius 3 is 2.53 bits per heavy atom. The van der Waals surface area contributed by atoms with Crippen molar-refractivity contribution in [1.82, 2.24) is 9.97 Å². The Morgan fingerprint density at radius 1 is 1.07 bits per heavy atom. The number of phenols is 1. The molecule has 3 heterocycles. The number of amides is 1. The van der Waals surface area contributed by atoms with E-state index in [1.165, 1.54) is 36.7 Å². The van der Waals surface area contributed by atoms with Crippen LogP contribution >= 0.6 is 0 Å². The van der Waals surface area contributed by atoms with Crippen LogP contribution in [-0.4, -0.2) is 35.2 Å². The van der Waals surface area contributed by atoms with Crippen molar-refractivity contribution >= 4 is 27.1 Å². The molecule has 1 amide bonds. The van der Waals surface area contributed by atoms with Crippen LogP contribution < -0.4 is 15.0 Å². The Bertz CT molecular complexity index is 1850. The minimum atomic E-state index is -4.06.